The number of fused-ring (bicyclic) bond motifs is 2. The van der Waals surface area contributed by atoms with Crippen molar-refractivity contribution in [2.24, 2.45) is 4.99 Å². The second-order valence-electron chi connectivity index (χ2n) is 6.70. The molecule has 0 atom stereocenters. The number of carbonyl (C=O) groups excluding carboxylic acids is 2. The standard InChI is InChI=1S/C22H17ClN2O5S/c1-3-29-18(26)11-25-19-12(2)15(23)8-9-17(19)31-22(25)24-20(27)14-10-13-6-4-5-7-16(13)30-21(14)28/h4-10H,3,11H2,1-2H3. The summed E-state index contributed by atoms with van der Waals surface area (Å²) in [4.78, 5) is 41.8. The molecule has 31 heavy (non-hydrogen) atoms. The summed E-state index contributed by atoms with van der Waals surface area (Å²) < 4.78 is 12.7. The first kappa shape index (κ1) is 21.0. The van der Waals surface area contributed by atoms with Gasteiger partial charge in [0, 0.05) is 10.4 Å². The van der Waals surface area contributed by atoms with E-state index in [1.165, 1.54) is 17.4 Å². The number of benzene rings is 2. The average Bonchev–Trinajstić information content (AvgIpc) is 3.07. The van der Waals surface area contributed by atoms with Gasteiger partial charge in [-0.3, -0.25) is 9.59 Å². The highest BCUT2D eigenvalue weighted by Crippen LogP contribution is 2.27. The van der Waals surface area contributed by atoms with Gasteiger partial charge in [0.25, 0.3) is 5.91 Å². The van der Waals surface area contributed by atoms with Crippen LogP contribution in [0.5, 0.6) is 0 Å². The Labute approximate surface area is 185 Å². The number of rotatable bonds is 4. The van der Waals surface area contributed by atoms with E-state index >= 15 is 0 Å². The summed E-state index contributed by atoms with van der Waals surface area (Å²) in [5.74, 6) is -1.23. The molecule has 4 aromatic rings. The molecule has 2 heterocycles. The Bertz CT molecular complexity index is 1460. The molecule has 0 aliphatic carbocycles. The van der Waals surface area contributed by atoms with Gasteiger partial charge in [-0.15, -0.1) is 0 Å². The zero-order valence-corrected chi connectivity index (χ0v) is 18.2. The van der Waals surface area contributed by atoms with Crippen molar-refractivity contribution in [1.82, 2.24) is 4.57 Å². The Morgan fingerprint density at radius 3 is 2.77 bits per heavy atom. The number of para-hydroxylation sites is 1. The number of ether oxygens (including phenoxy) is 1. The van der Waals surface area contributed by atoms with Crippen LogP contribution < -0.4 is 10.4 Å². The minimum Gasteiger partial charge on any atom is -0.465 e. The van der Waals surface area contributed by atoms with Crippen LogP contribution in [0.2, 0.25) is 5.02 Å². The second-order valence-corrected chi connectivity index (χ2v) is 8.11. The molecule has 0 saturated heterocycles. The van der Waals surface area contributed by atoms with Crippen LogP contribution in [-0.2, 0) is 16.1 Å². The maximum absolute atomic E-state index is 12.9. The van der Waals surface area contributed by atoms with E-state index in [4.69, 9.17) is 20.8 Å². The molecule has 4 rings (SSSR count). The fourth-order valence-corrected chi connectivity index (χ4v) is 4.48. The van der Waals surface area contributed by atoms with Gasteiger partial charge in [0.05, 0.1) is 16.8 Å². The van der Waals surface area contributed by atoms with Crippen LogP contribution >= 0.6 is 22.9 Å². The van der Waals surface area contributed by atoms with Crippen LogP contribution in [-0.4, -0.2) is 23.1 Å². The minimum absolute atomic E-state index is 0.145. The molecule has 0 N–H and O–H groups in total. The zero-order valence-electron chi connectivity index (χ0n) is 16.7. The maximum Gasteiger partial charge on any atom is 0.349 e. The molecule has 9 heteroatoms. The van der Waals surface area contributed by atoms with Gasteiger partial charge in [0.1, 0.15) is 17.7 Å². The number of hydrogen-bond donors (Lipinski definition) is 0. The molecule has 0 fully saturated rings. The fourth-order valence-electron chi connectivity index (χ4n) is 3.24. The van der Waals surface area contributed by atoms with Gasteiger partial charge in [-0.25, -0.2) is 4.79 Å². The average molecular weight is 457 g/mol. The number of hydrogen-bond acceptors (Lipinski definition) is 6. The van der Waals surface area contributed by atoms with E-state index in [0.29, 0.717) is 21.5 Å². The molecule has 7 nitrogen and oxygen atoms in total. The molecule has 2 aromatic heterocycles. The normalized spacial score (nSPS) is 11.9. The minimum atomic E-state index is -0.773. The van der Waals surface area contributed by atoms with E-state index in [0.717, 1.165) is 10.3 Å². The van der Waals surface area contributed by atoms with Gasteiger partial charge in [0.2, 0.25) is 0 Å². The van der Waals surface area contributed by atoms with Crippen LogP contribution in [0.25, 0.3) is 21.2 Å². The Kier molecular flexibility index (Phi) is 5.75. The molecule has 0 radical (unpaired) electrons. The molecule has 2 aromatic carbocycles. The van der Waals surface area contributed by atoms with Crippen molar-refractivity contribution < 1.29 is 18.7 Å². The van der Waals surface area contributed by atoms with Gasteiger partial charge < -0.3 is 13.7 Å². The third-order valence-corrected chi connectivity index (χ3v) is 6.14. The molecular formula is C22H17ClN2O5S. The third kappa shape index (κ3) is 4.04. The SMILES string of the molecule is CCOC(=O)Cn1c(=NC(=O)c2cc3ccccc3oc2=O)sc2ccc(Cl)c(C)c21. The molecule has 0 aliphatic rings. The lowest BCUT2D eigenvalue weighted by Crippen LogP contribution is -2.24. The monoisotopic (exact) mass is 456 g/mol. The molecule has 0 unspecified atom stereocenters. The van der Waals surface area contributed by atoms with Crippen molar-refractivity contribution in [3.8, 4) is 0 Å². The summed E-state index contributed by atoms with van der Waals surface area (Å²) in [6.07, 6.45) is 0. The van der Waals surface area contributed by atoms with Crippen molar-refractivity contribution in [3.05, 3.63) is 73.8 Å². The van der Waals surface area contributed by atoms with Crippen molar-refractivity contribution >= 4 is 56.0 Å². The number of carbonyl (C=O) groups is 2. The van der Waals surface area contributed by atoms with Crippen LogP contribution in [0.15, 0.2) is 56.7 Å². The van der Waals surface area contributed by atoms with Crippen LogP contribution in [0.1, 0.15) is 22.8 Å². The van der Waals surface area contributed by atoms with Crippen LogP contribution in [0.3, 0.4) is 0 Å². The highest BCUT2D eigenvalue weighted by atomic mass is 35.5. The van der Waals surface area contributed by atoms with Crippen LogP contribution in [0, 0.1) is 6.92 Å². The highest BCUT2D eigenvalue weighted by Gasteiger charge is 2.18. The van der Waals surface area contributed by atoms with Crippen LogP contribution in [0.4, 0.5) is 0 Å². The predicted octanol–water partition coefficient (Wildman–Crippen LogP) is 4.08. The molecular weight excluding hydrogens is 440 g/mol. The van der Waals surface area contributed by atoms with Crippen molar-refractivity contribution in [2.75, 3.05) is 6.61 Å². The molecule has 0 saturated carbocycles. The van der Waals surface area contributed by atoms with Crippen molar-refractivity contribution in [2.45, 2.75) is 20.4 Å². The Morgan fingerprint density at radius 2 is 2.00 bits per heavy atom. The topological polar surface area (TPSA) is 90.9 Å². The number of thiazole rings is 1. The summed E-state index contributed by atoms with van der Waals surface area (Å²) >= 11 is 7.48. The number of nitrogens with zero attached hydrogens (tertiary/aromatic N) is 2. The van der Waals surface area contributed by atoms with E-state index < -0.39 is 17.5 Å². The quantitative estimate of drug-likeness (QED) is 0.341. The predicted molar refractivity (Wildman–Crippen MR) is 119 cm³/mol. The van der Waals surface area contributed by atoms with Gasteiger partial charge in [-0.2, -0.15) is 4.99 Å². The van der Waals surface area contributed by atoms with Gasteiger partial charge in [0.15, 0.2) is 4.80 Å². The number of halogens is 1. The van der Waals surface area contributed by atoms with E-state index in [1.54, 1.807) is 47.9 Å². The molecule has 0 aliphatic heterocycles. The van der Waals surface area contributed by atoms with Gasteiger partial charge in [-0.1, -0.05) is 41.1 Å². The summed E-state index contributed by atoms with van der Waals surface area (Å²) in [6, 6.07) is 11.9. The maximum atomic E-state index is 12.9. The molecule has 1 amide bonds. The Hall–Kier alpha value is -3.23. The Morgan fingerprint density at radius 1 is 1.23 bits per heavy atom. The van der Waals surface area contributed by atoms with E-state index in [9.17, 15) is 14.4 Å². The number of aromatic nitrogens is 1. The second kappa shape index (κ2) is 8.49. The lowest BCUT2D eigenvalue weighted by atomic mass is 10.2. The molecule has 158 valence electrons. The largest absolute Gasteiger partial charge is 0.465 e. The van der Waals surface area contributed by atoms with E-state index in [-0.39, 0.29) is 23.5 Å². The van der Waals surface area contributed by atoms with Crippen molar-refractivity contribution in [1.29, 1.82) is 0 Å². The first-order valence-electron chi connectivity index (χ1n) is 9.45. The number of aryl methyl sites for hydroxylation is 1. The summed E-state index contributed by atoms with van der Waals surface area (Å²) in [5, 5.41) is 1.13. The lowest BCUT2D eigenvalue weighted by Gasteiger charge is -2.08. The molecule has 0 bridgehead atoms. The smallest absolute Gasteiger partial charge is 0.349 e. The fraction of sp³-hybridized carbons (Fsp3) is 0.182. The zero-order chi connectivity index (χ0) is 22.1. The lowest BCUT2D eigenvalue weighted by molar-refractivity contribution is -0.143. The van der Waals surface area contributed by atoms with E-state index in [1.807, 2.05) is 6.92 Å². The first-order chi connectivity index (χ1) is 14.9. The van der Waals surface area contributed by atoms with Gasteiger partial charge >= 0.3 is 11.6 Å². The van der Waals surface area contributed by atoms with Gasteiger partial charge in [-0.05, 0) is 43.7 Å². The first-order valence-corrected chi connectivity index (χ1v) is 10.6. The number of amides is 1. The summed E-state index contributed by atoms with van der Waals surface area (Å²) in [5.41, 5.74) is 0.855. The molecule has 0 spiro atoms. The van der Waals surface area contributed by atoms with Crippen molar-refractivity contribution in [3.63, 3.8) is 0 Å². The Balaban J connectivity index is 1.89. The third-order valence-electron chi connectivity index (χ3n) is 4.69. The highest BCUT2D eigenvalue weighted by molar-refractivity contribution is 7.16. The summed E-state index contributed by atoms with van der Waals surface area (Å²) in [6.45, 7) is 3.62. The van der Waals surface area contributed by atoms with E-state index in [2.05, 4.69) is 4.99 Å². The summed E-state index contributed by atoms with van der Waals surface area (Å²) in [7, 11) is 0. The number of esters is 1.